The molecule has 1 rings (SSSR count). The molecule has 4 nitrogen and oxygen atoms in total. The molecule has 0 saturated carbocycles. The minimum absolute atomic E-state index is 0.0338. The molecule has 0 spiro atoms. The third-order valence-corrected chi connectivity index (χ3v) is 4.30. The van der Waals surface area contributed by atoms with E-state index >= 15 is 0 Å². The van der Waals surface area contributed by atoms with Crippen molar-refractivity contribution in [3.8, 4) is 0 Å². The second-order valence-corrected chi connectivity index (χ2v) is 5.74. The van der Waals surface area contributed by atoms with Gasteiger partial charge in [-0.1, -0.05) is 13.3 Å². The van der Waals surface area contributed by atoms with E-state index in [9.17, 15) is 14.7 Å². The molecule has 0 aromatic carbocycles. The van der Waals surface area contributed by atoms with Crippen LogP contribution in [0.2, 0.25) is 0 Å². The number of amides is 1. The Morgan fingerprint density at radius 2 is 2.18 bits per heavy atom. The first-order chi connectivity index (χ1) is 8.02. The number of nitrogens with zero attached hydrogens (tertiary/aromatic N) is 1. The summed E-state index contributed by atoms with van der Waals surface area (Å²) in [4.78, 5) is 24.7. The average molecular weight is 259 g/mol. The lowest BCUT2D eigenvalue weighted by atomic mass is 9.99. The number of hydrogen-bond acceptors (Lipinski definition) is 3. The molecule has 5 heteroatoms. The fraction of sp³-hybridized carbons (Fsp3) is 0.833. The van der Waals surface area contributed by atoms with Crippen LogP contribution in [0.4, 0.5) is 0 Å². The standard InChI is InChI=1S/C12H21NO3S/c1-3-4-8-17-9-10(14)13-7-5-6-12(13,2)11(15)16/h3-9H2,1-2H3,(H,15,16). The summed E-state index contributed by atoms with van der Waals surface area (Å²) in [5.74, 6) is 0.457. The van der Waals surface area contributed by atoms with Crippen molar-refractivity contribution in [1.82, 2.24) is 4.90 Å². The van der Waals surface area contributed by atoms with Crippen LogP contribution in [0.5, 0.6) is 0 Å². The van der Waals surface area contributed by atoms with E-state index in [1.54, 1.807) is 18.7 Å². The predicted octanol–water partition coefficient (Wildman–Crippen LogP) is 1.99. The number of likely N-dealkylation sites (tertiary alicyclic amines) is 1. The van der Waals surface area contributed by atoms with Gasteiger partial charge in [0.1, 0.15) is 5.54 Å². The number of unbranched alkanes of at least 4 members (excludes halogenated alkanes) is 1. The first kappa shape index (κ1) is 14.4. The zero-order valence-electron chi connectivity index (χ0n) is 10.6. The van der Waals surface area contributed by atoms with Gasteiger partial charge in [0.15, 0.2) is 0 Å². The molecule has 17 heavy (non-hydrogen) atoms. The van der Waals surface area contributed by atoms with Gasteiger partial charge < -0.3 is 10.0 Å². The first-order valence-electron chi connectivity index (χ1n) is 6.14. The zero-order valence-corrected chi connectivity index (χ0v) is 11.4. The molecule has 1 fully saturated rings. The summed E-state index contributed by atoms with van der Waals surface area (Å²) in [6, 6.07) is 0. The average Bonchev–Trinajstić information content (AvgIpc) is 2.68. The van der Waals surface area contributed by atoms with Crippen molar-refractivity contribution >= 4 is 23.6 Å². The maximum Gasteiger partial charge on any atom is 0.329 e. The summed E-state index contributed by atoms with van der Waals surface area (Å²) in [7, 11) is 0. The molecule has 0 aliphatic carbocycles. The topological polar surface area (TPSA) is 57.6 Å². The fourth-order valence-electron chi connectivity index (χ4n) is 2.07. The molecule has 1 unspecified atom stereocenters. The molecule has 1 heterocycles. The van der Waals surface area contributed by atoms with Crippen molar-refractivity contribution in [3.05, 3.63) is 0 Å². The van der Waals surface area contributed by atoms with Crippen LogP contribution in [-0.4, -0.2) is 45.5 Å². The van der Waals surface area contributed by atoms with Crippen LogP contribution in [0.3, 0.4) is 0 Å². The van der Waals surface area contributed by atoms with Gasteiger partial charge in [-0.05, 0) is 31.9 Å². The van der Waals surface area contributed by atoms with Gasteiger partial charge in [-0.15, -0.1) is 0 Å². The maximum absolute atomic E-state index is 12.0. The van der Waals surface area contributed by atoms with Crippen molar-refractivity contribution in [3.63, 3.8) is 0 Å². The second-order valence-electron chi connectivity index (χ2n) is 4.63. The maximum atomic E-state index is 12.0. The number of aliphatic carboxylic acids is 1. The van der Waals surface area contributed by atoms with Gasteiger partial charge in [0.05, 0.1) is 5.75 Å². The Labute approximate surface area is 107 Å². The summed E-state index contributed by atoms with van der Waals surface area (Å²) >= 11 is 1.60. The van der Waals surface area contributed by atoms with Crippen molar-refractivity contribution in [2.45, 2.75) is 45.1 Å². The molecule has 1 aliphatic heterocycles. The zero-order chi connectivity index (χ0) is 12.9. The normalized spacial score (nSPS) is 24.0. The number of carboxylic acids is 1. The second kappa shape index (κ2) is 6.28. The molecule has 1 atom stereocenters. The van der Waals surface area contributed by atoms with E-state index in [2.05, 4.69) is 6.92 Å². The van der Waals surface area contributed by atoms with Crippen molar-refractivity contribution in [2.75, 3.05) is 18.1 Å². The molecule has 0 aromatic heterocycles. The Balaban J connectivity index is 2.48. The Morgan fingerprint density at radius 3 is 2.76 bits per heavy atom. The summed E-state index contributed by atoms with van der Waals surface area (Å²) in [6.07, 6.45) is 3.58. The van der Waals surface area contributed by atoms with Crippen LogP contribution in [0, 0.1) is 0 Å². The highest BCUT2D eigenvalue weighted by Crippen LogP contribution is 2.29. The fourth-order valence-corrected chi connectivity index (χ4v) is 3.04. The van der Waals surface area contributed by atoms with E-state index in [4.69, 9.17) is 0 Å². The summed E-state index contributed by atoms with van der Waals surface area (Å²) in [6.45, 7) is 4.34. The van der Waals surface area contributed by atoms with E-state index in [1.165, 1.54) is 4.90 Å². The Morgan fingerprint density at radius 1 is 1.47 bits per heavy atom. The lowest BCUT2D eigenvalue weighted by Crippen LogP contribution is -2.51. The minimum atomic E-state index is -0.984. The van der Waals surface area contributed by atoms with E-state index in [-0.39, 0.29) is 5.91 Å². The van der Waals surface area contributed by atoms with Gasteiger partial charge in [-0.25, -0.2) is 4.79 Å². The van der Waals surface area contributed by atoms with Crippen LogP contribution in [0.25, 0.3) is 0 Å². The number of hydrogen-bond donors (Lipinski definition) is 1. The van der Waals surface area contributed by atoms with Gasteiger partial charge in [0.25, 0.3) is 0 Å². The Bertz CT molecular complexity index is 295. The van der Waals surface area contributed by atoms with Crippen LogP contribution in [0.15, 0.2) is 0 Å². The molecule has 1 amide bonds. The quantitative estimate of drug-likeness (QED) is 0.741. The van der Waals surface area contributed by atoms with E-state index in [0.717, 1.165) is 25.0 Å². The van der Waals surface area contributed by atoms with Crippen molar-refractivity contribution in [2.24, 2.45) is 0 Å². The molecule has 1 saturated heterocycles. The lowest BCUT2D eigenvalue weighted by Gasteiger charge is -2.31. The summed E-state index contributed by atoms with van der Waals surface area (Å²) < 4.78 is 0. The number of carboxylic acid groups (broad SMARTS) is 1. The van der Waals surface area contributed by atoms with Crippen LogP contribution < -0.4 is 0 Å². The smallest absolute Gasteiger partial charge is 0.329 e. The number of rotatable bonds is 6. The Hall–Kier alpha value is -0.710. The first-order valence-corrected chi connectivity index (χ1v) is 7.29. The lowest BCUT2D eigenvalue weighted by molar-refractivity contribution is -0.154. The third-order valence-electron chi connectivity index (χ3n) is 3.27. The van der Waals surface area contributed by atoms with Crippen molar-refractivity contribution in [1.29, 1.82) is 0 Å². The van der Waals surface area contributed by atoms with Crippen LogP contribution in [0.1, 0.15) is 39.5 Å². The molecule has 98 valence electrons. The molecule has 1 N–H and O–H groups in total. The third kappa shape index (κ3) is 3.37. The number of carbonyl (C=O) groups excluding carboxylic acids is 1. The highest BCUT2D eigenvalue weighted by molar-refractivity contribution is 7.99. The predicted molar refractivity (Wildman–Crippen MR) is 69.2 cm³/mol. The molecular formula is C12H21NO3S. The van der Waals surface area contributed by atoms with Crippen LogP contribution >= 0.6 is 11.8 Å². The monoisotopic (exact) mass is 259 g/mol. The molecule has 0 aromatic rings. The van der Waals surface area contributed by atoms with Gasteiger partial charge in [-0.3, -0.25) is 4.79 Å². The van der Waals surface area contributed by atoms with Gasteiger partial charge in [0, 0.05) is 6.54 Å². The largest absolute Gasteiger partial charge is 0.480 e. The molecule has 0 radical (unpaired) electrons. The van der Waals surface area contributed by atoms with Crippen molar-refractivity contribution < 1.29 is 14.7 Å². The number of carbonyl (C=O) groups is 2. The summed E-state index contributed by atoms with van der Waals surface area (Å²) in [5.41, 5.74) is -0.984. The molecule has 0 bridgehead atoms. The number of thioether (sulfide) groups is 1. The van der Waals surface area contributed by atoms with Gasteiger partial charge in [0.2, 0.25) is 5.91 Å². The summed E-state index contributed by atoms with van der Waals surface area (Å²) in [5, 5.41) is 9.20. The Kier molecular flexibility index (Phi) is 5.31. The SMILES string of the molecule is CCCCSCC(=O)N1CCCC1(C)C(=O)O. The molecular weight excluding hydrogens is 238 g/mol. The van der Waals surface area contributed by atoms with Gasteiger partial charge in [-0.2, -0.15) is 11.8 Å². The van der Waals surface area contributed by atoms with E-state index < -0.39 is 11.5 Å². The van der Waals surface area contributed by atoms with Crippen LogP contribution in [-0.2, 0) is 9.59 Å². The highest BCUT2D eigenvalue weighted by Gasteiger charge is 2.45. The van der Waals surface area contributed by atoms with E-state index in [1.807, 2.05) is 0 Å². The minimum Gasteiger partial charge on any atom is -0.480 e. The molecule has 1 aliphatic rings. The van der Waals surface area contributed by atoms with Gasteiger partial charge >= 0.3 is 5.97 Å². The van der Waals surface area contributed by atoms with E-state index in [0.29, 0.717) is 18.7 Å². The highest BCUT2D eigenvalue weighted by atomic mass is 32.2.